The summed E-state index contributed by atoms with van der Waals surface area (Å²) in [6.07, 6.45) is 2.79. The number of hydrogen-bond acceptors (Lipinski definition) is 3. The van der Waals surface area contributed by atoms with Crippen molar-refractivity contribution in [3.05, 3.63) is 29.8 Å². The van der Waals surface area contributed by atoms with Crippen molar-refractivity contribution >= 4 is 24.0 Å². The van der Waals surface area contributed by atoms with Gasteiger partial charge < -0.3 is 15.8 Å². The van der Waals surface area contributed by atoms with Crippen LogP contribution in [0.25, 0.3) is 0 Å². The van der Waals surface area contributed by atoms with Gasteiger partial charge in [-0.25, -0.2) is 0 Å². The molecular formula is C18H29ClN2O2. The number of amides is 1. The third-order valence-corrected chi connectivity index (χ3v) is 4.20. The Morgan fingerprint density at radius 3 is 2.57 bits per heavy atom. The fourth-order valence-electron chi connectivity index (χ4n) is 3.14. The van der Waals surface area contributed by atoms with Crippen molar-refractivity contribution in [3.8, 4) is 0 Å². The van der Waals surface area contributed by atoms with Crippen LogP contribution in [0.3, 0.4) is 0 Å². The summed E-state index contributed by atoms with van der Waals surface area (Å²) in [4.78, 5) is 12.1. The van der Waals surface area contributed by atoms with Crippen LogP contribution in [0.1, 0.15) is 39.2 Å². The first-order valence-corrected chi connectivity index (χ1v) is 8.09. The first kappa shape index (κ1) is 19.8. The fraction of sp³-hybridized carbons (Fsp3) is 0.611. The quantitative estimate of drug-likeness (QED) is 0.827. The Morgan fingerprint density at radius 2 is 1.96 bits per heavy atom. The number of nitrogen functional groups attached to an aromatic ring is 1. The number of hydrogen-bond donors (Lipinski definition) is 2. The van der Waals surface area contributed by atoms with E-state index in [1.165, 1.54) is 0 Å². The van der Waals surface area contributed by atoms with Gasteiger partial charge in [-0.1, -0.05) is 32.9 Å². The van der Waals surface area contributed by atoms with E-state index in [1.54, 1.807) is 0 Å². The molecule has 2 rings (SSSR count). The molecular weight excluding hydrogens is 312 g/mol. The van der Waals surface area contributed by atoms with Crippen molar-refractivity contribution in [1.29, 1.82) is 0 Å². The lowest BCUT2D eigenvalue weighted by Gasteiger charge is -2.40. The minimum absolute atomic E-state index is 0. The van der Waals surface area contributed by atoms with Crippen LogP contribution in [0.5, 0.6) is 0 Å². The molecule has 0 aliphatic carbocycles. The second-order valence-corrected chi connectivity index (χ2v) is 7.28. The minimum Gasteiger partial charge on any atom is -0.399 e. The topological polar surface area (TPSA) is 64.3 Å². The summed E-state index contributed by atoms with van der Waals surface area (Å²) in [7, 11) is 0. The molecule has 1 amide bonds. The zero-order valence-electron chi connectivity index (χ0n) is 14.3. The van der Waals surface area contributed by atoms with Crippen molar-refractivity contribution < 1.29 is 9.53 Å². The van der Waals surface area contributed by atoms with Gasteiger partial charge in [0.2, 0.25) is 5.91 Å². The summed E-state index contributed by atoms with van der Waals surface area (Å²) >= 11 is 0. The van der Waals surface area contributed by atoms with Crippen molar-refractivity contribution in [2.75, 3.05) is 18.9 Å². The number of carbonyl (C=O) groups excluding carboxylic acids is 1. The molecule has 4 nitrogen and oxygen atoms in total. The molecule has 1 fully saturated rings. The van der Waals surface area contributed by atoms with E-state index >= 15 is 0 Å². The second kappa shape index (κ2) is 8.55. The average molecular weight is 341 g/mol. The highest BCUT2D eigenvalue weighted by Gasteiger charge is 2.35. The summed E-state index contributed by atoms with van der Waals surface area (Å²) in [6, 6.07) is 7.45. The summed E-state index contributed by atoms with van der Waals surface area (Å²) in [5.41, 5.74) is 7.46. The zero-order chi connectivity index (χ0) is 16.2. The molecule has 2 unspecified atom stereocenters. The van der Waals surface area contributed by atoms with Gasteiger partial charge in [0.1, 0.15) is 0 Å². The molecule has 130 valence electrons. The molecule has 2 atom stereocenters. The lowest BCUT2D eigenvalue weighted by atomic mass is 9.78. The summed E-state index contributed by atoms with van der Waals surface area (Å²) < 4.78 is 5.95. The van der Waals surface area contributed by atoms with E-state index in [0.717, 1.165) is 30.7 Å². The molecule has 0 aromatic heterocycles. The number of rotatable bonds is 4. The largest absolute Gasteiger partial charge is 0.399 e. The van der Waals surface area contributed by atoms with Gasteiger partial charge in [0, 0.05) is 24.8 Å². The SMILES string of the molecule is CC(C)(C)C1OCCCC1CNC(=O)Cc1ccc(N)cc1.Cl. The molecule has 23 heavy (non-hydrogen) atoms. The van der Waals surface area contributed by atoms with Crippen molar-refractivity contribution in [3.63, 3.8) is 0 Å². The Labute approximate surface area is 145 Å². The molecule has 1 aliphatic rings. The molecule has 1 aromatic carbocycles. The third kappa shape index (κ3) is 6.04. The van der Waals surface area contributed by atoms with Gasteiger partial charge in [0.05, 0.1) is 12.5 Å². The maximum atomic E-state index is 12.1. The third-order valence-electron chi connectivity index (χ3n) is 4.20. The predicted molar refractivity (Wildman–Crippen MR) is 96.7 cm³/mol. The van der Waals surface area contributed by atoms with Gasteiger partial charge in [-0.15, -0.1) is 12.4 Å². The average Bonchev–Trinajstić information content (AvgIpc) is 2.47. The number of carbonyl (C=O) groups is 1. The normalized spacial score (nSPS) is 21.3. The molecule has 1 aromatic rings. The van der Waals surface area contributed by atoms with E-state index < -0.39 is 0 Å². The molecule has 0 bridgehead atoms. The Kier molecular flexibility index (Phi) is 7.36. The van der Waals surface area contributed by atoms with Crippen LogP contribution < -0.4 is 11.1 Å². The predicted octanol–water partition coefficient (Wildman–Crippen LogP) is 3.19. The molecule has 0 saturated carbocycles. The molecule has 5 heteroatoms. The highest BCUT2D eigenvalue weighted by molar-refractivity contribution is 5.85. The first-order chi connectivity index (χ1) is 10.4. The van der Waals surface area contributed by atoms with E-state index in [0.29, 0.717) is 18.9 Å². The number of nitrogens with one attached hydrogen (secondary N) is 1. The van der Waals surface area contributed by atoms with E-state index in [-0.39, 0.29) is 29.8 Å². The first-order valence-electron chi connectivity index (χ1n) is 8.09. The van der Waals surface area contributed by atoms with Crippen molar-refractivity contribution in [2.45, 2.75) is 46.1 Å². The minimum atomic E-state index is 0. The Morgan fingerprint density at radius 1 is 1.30 bits per heavy atom. The summed E-state index contributed by atoms with van der Waals surface area (Å²) in [5, 5.41) is 3.07. The number of nitrogens with two attached hydrogens (primary N) is 1. The summed E-state index contributed by atoms with van der Waals surface area (Å²) in [5.74, 6) is 0.451. The highest BCUT2D eigenvalue weighted by Crippen LogP contribution is 2.33. The number of benzene rings is 1. The van der Waals surface area contributed by atoms with Crippen LogP contribution in [0, 0.1) is 11.3 Å². The van der Waals surface area contributed by atoms with Gasteiger partial charge >= 0.3 is 0 Å². The Bertz CT molecular complexity index is 497. The lowest BCUT2D eigenvalue weighted by Crippen LogP contribution is -2.45. The fourth-order valence-corrected chi connectivity index (χ4v) is 3.14. The van der Waals surface area contributed by atoms with Crippen LogP contribution in [0.2, 0.25) is 0 Å². The Hall–Kier alpha value is -1.26. The van der Waals surface area contributed by atoms with Crippen molar-refractivity contribution in [2.24, 2.45) is 11.3 Å². The van der Waals surface area contributed by atoms with Crippen molar-refractivity contribution in [1.82, 2.24) is 5.32 Å². The number of anilines is 1. The van der Waals surface area contributed by atoms with Gasteiger partial charge in [0.15, 0.2) is 0 Å². The van der Waals surface area contributed by atoms with E-state index in [1.807, 2.05) is 24.3 Å². The maximum Gasteiger partial charge on any atom is 0.224 e. The molecule has 0 radical (unpaired) electrons. The lowest BCUT2D eigenvalue weighted by molar-refractivity contribution is -0.122. The highest BCUT2D eigenvalue weighted by atomic mass is 35.5. The second-order valence-electron chi connectivity index (χ2n) is 7.28. The molecule has 3 N–H and O–H groups in total. The monoisotopic (exact) mass is 340 g/mol. The molecule has 0 spiro atoms. The zero-order valence-corrected chi connectivity index (χ0v) is 15.1. The van der Waals surface area contributed by atoms with Gasteiger partial charge in [0.25, 0.3) is 0 Å². The van der Waals surface area contributed by atoms with Crippen LogP contribution in [0.15, 0.2) is 24.3 Å². The smallest absolute Gasteiger partial charge is 0.224 e. The van der Waals surface area contributed by atoms with Crippen LogP contribution in [-0.2, 0) is 16.0 Å². The molecule has 1 aliphatic heterocycles. The van der Waals surface area contributed by atoms with E-state index in [4.69, 9.17) is 10.5 Å². The number of halogens is 1. The summed E-state index contributed by atoms with van der Waals surface area (Å²) in [6.45, 7) is 8.12. The van der Waals surface area contributed by atoms with Crippen LogP contribution in [-0.4, -0.2) is 25.2 Å². The standard InChI is InChI=1S/C18H28N2O2.ClH/c1-18(2,3)17-14(5-4-10-22-17)12-20-16(21)11-13-6-8-15(19)9-7-13;/h6-9,14,17H,4-5,10-12,19H2,1-3H3,(H,20,21);1H. The van der Waals surface area contributed by atoms with E-state index in [2.05, 4.69) is 26.1 Å². The molecule has 1 saturated heterocycles. The van der Waals surface area contributed by atoms with E-state index in [9.17, 15) is 4.79 Å². The van der Waals surface area contributed by atoms with Gasteiger partial charge in [-0.2, -0.15) is 0 Å². The van der Waals surface area contributed by atoms with Gasteiger partial charge in [-0.3, -0.25) is 4.79 Å². The van der Waals surface area contributed by atoms with Crippen LogP contribution >= 0.6 is 12.4 Å². The molecule has 1 heterocycles. The maximum absolute atomic E-state index is 12.1. The Balaban J connectivity index is 0.00000264. The number of ether oxygens (including phenoxy) is 1. The van der Waals surface area contributed by atoms with Crippen LogP contribution in [0.4, 0.5) is 5.69 Å². The van der Waals surface area contributed by atoms with Gasteiger partial charge in [-0.05, 0) is 36.0 Å².